The standard InChI is InChI=1S/C15H18N2O3/c1-10(2)19-13-5-4-8-17-15(13)20-12-7-6-11(16)9-14(12)18-3/h4-10H,16H2,1-3H3. The lowest BCUT2D eigenvalue weighted by atomic mass is 10.3. The van der Waals surface area contributed by atoms with Crippen LogP contribution in [-0.2, 0) is 0 Å². The molecule has 0 spiro atoms. The van der Waals surface area contributed by atoms with Crippen LogP contribution in [0, 0.1) is 0 Å². The minimum Gasteiger partial charge on any atom is -0.493 e. The molecule has 5 heteroatoms. The number of aromatic nitrogens is 1. The van der Waals surface area contributed by atoms with Gasteiger partial charge < -0.3 is 19.9 Å². The Balaban J connectivity index is 2.30. The molecule has 0 unspecified atom stereocenters. The Labute approximate surface area is 118 Å². The number of nitrogens with zero attached hydrogens (tertiary/aromatic N) is 1. The van der Waals surface area contributed by atoms with Crippen molar-refractivity contribution in [1.29, 1.82) is 0 Å². The third-order valence-corrected chi connectivity index (χ3v) is 2.49. The Kier molecular flexibility index (Phi) is 4.30. The molecular weight excluding hydrogens is 256 g/mol. The van der Waals surface area contributed by atoms with Crippen LogP contribution < -0.4 is 19.9 Å². The largest absolute Gasteiger partial charge is 0.493 e. The molecule has 1 aromatic carbocycles. The summed E-state index contributed by atoms with van der Waals surface area (Å²) in [7, 11) is 1.56. The number of pyridine rings is 1. The van der Waals surface area contributed by atoms with Crippen molar-refractivity contribution in [3.63, 3.8) is 0 Å². The van der Waals surface area contributed by atoms with Crippen molar-refractivity contribution in [2.75, 3.05) is 12.8 Å². The van der Waals surface area contributed by atoms with Gasteiger partial charge in [-0.05, 0) is 38.1 Å². The molecule has 0 saturated carbocycles. The van der Waals surface area contributed by atoms with E-state index in [-0.39, 0.29) is 6.10 Å². The second-order valence-electron chi connectivity index (χ2n) is 4.49. The molecule has 20 heavy (non-hydrogen) atoms. The van der Waals surface area contributed by atoms with Gasteiger partial charge in [0.05, 0.1) is 13.2 Å². The first-order valence-electron chi connectivity index (χ1n) is 6.33. The highest BCUT2D eigenvalue weighted by Gasteiger charge is 2.12. The molecule has 0 amide bonds. The molecule has 0 aliphatic rings. The predicted molar refractivity (Wildman–Crippen MR) is 77.5 cm³/mol. The number of anilines is 1. The Morgan fingerprint density at radius 2 is 1.90 bits per heavy atom. The highest BCUT2D eigenvalue weighted by atomic mass is 16.5. The van der Waals surface area contributed by atoms with Gasteiger partial charge in [-0.1, -0.05) is 0 Å². The minimum atomic E-state index is 0.0369. The predicted octanol–water partition coefficient (Wildman–Crippen LogP) is 3.25. The van der Waals surface area contributed by atoms with E-state index in [0.29, 0.717) is 28.8 Å². The molecule has 0 aliphatic heterocycles. The van der Waals surface area contributed by atoms with Crippen molar-refractivity contribution in [2.24, 2.45) is 0 Å². The zero-order valence-electron chi connectivity index (χ0n) is 11.8. The molecule has 0 aliphatic carbocycles. The molecule has 2 aromatic rings. The molecule has 1 heterocycles. The Bertz CT molecular complexity index is 585. The topological polar surface area (TPSA) is 66.6 Å². The van der Waals surface area contributed by atoms with E-state index in [1.165, 1.54) is 0 Å². The number of nitrogen functional groups attached to an aromatic ring is 1. The van der Waals surface area contributed by atoms with Gasteiger partial charge in [0.2, 0.25) is 0 Å². The van der Waals surface area contributed by atoms with Crippen molar-refractivity contribution < 1.29 is 14.2 Å². The molecule has 1 aromatic heterocycles. The third-order valence-electron chi connectivity index (χ3n) is 2.49. The molecule has 106 valence electrons. The molecule has 2 rings (SSSR count). The summed E-state index contributed by atoms with van der Waals surface area (Å²) in [6, 6.07) is 8.78. The lowest BCUT2D eigenvalue weighted by Crippen LogP contribution is -2.07. The smallest absolute Gasteiger partial charge is 0.262 e. The number of hydrogen-bond donors (Lipinski definition) is 1. The number of benzene rings is 1. The first-order valence-corrected chi connectivity index (χ1v) is 6.33. The Hall–Kier alpha value is -2.43. The van der Waals surface area contributed by atoms with Gasteiger partial charge in [-0.2, -0.15) is 0 Å². The van der Waals surface area contributed by atoms with Crippen molar-refractivity contribution in [2.45, 2.75) is 20.0 Å². The number of nitrogens with two attached hydrogens (primary N) is 1. The second kappa shape index (κ2) is 6.14. The molecular formula is C15H18N2O3. The summed E-state index contributed by atoms with van der Waals surface area (Å²) in [4.78, 5) is 4.19. The van der Waals surface area contributed by atoms with Gasteiger partial charge in [-0.15, -0.1) is 0 Å². The van der Waals surface area contributed by atoms with E-state index in [2.05, 4.69) is 4.98 Å². The van der Waals surface area contributed by atoms with E-state index >= 15 is 0 Å². The summed E-state index contributed by atoms with van der Waals surface area (Å²) >= 11 is 0. The quantitative estimate of drug-likeness (QED) is 0.848. The van der Waals surface area contributed by atoms with Crippen LogP contribution in [0.25, 0.3) is 0 Å². The minimum absolute atomic E-state index is 0.0369. The maximum Gasteiger partial charge on any atom is 0.262 e. The number of methoxy groups -OCH3 is 1. The summed E-state index contributed by atoms with van der Waals surface area (Å²) in [5.41, 5.74) is 6.32. The Morgan fingerprint density at radius 1 is 1.10 bits per heavy atom. The molecule has 0 radical (unpaired) electrons. The van der Waals surface area contributed by atoms with Crippen molar-refractivity contribution in [1.82, 2.24) is 4.98 Å². The Morgan fingerprint density at radius 3 is 2.60 bits per heavy atom. The van der Waals surface area contributed by atoms with E-state index in [1.807, 2.05) is 19.9 Å². The summed E-state index contributed by atoms with van der Waals surface area (Å²) in [5.74, 6) is 2.06. The number of ether oxygens (including phenoxy) is 3. The van der Waals surface area contributed by atoms with Gasteiger partial charge in [0.15, 0.2) is 17.2 Å². The SMILES string of the molecule is COc1cc(N)ccc1Oc1ncccc1OC(C)C. The van der Waals surface area contributed by atoms with Crippen LogP contribution in [0.15, 0.2) is 36.5 Å². The van der Waals surface area contributed by atoms with E-state index in [4.69, 9.17) is 19.9 Å². The third kappa shape index (κ3) is 3.32. The van der Waals surface area contributed by atoms with Gasteiger partial charge in [-0.25, -0.2) is 4.98 Å². The van der Waals surface area contributed by atoms with Crippen molar-refractivity contribution in [3.05, 3.63) is 36.5 Å². The van der Waals surface area contributed by atoms with E-state index in [1.54, 1.807) is 37.6 Å². The van der Waals surface area contributed by atoms with Crippen LogP contribution in [-0.4, -0.2) is 18.2 Å². The van der Waals surface area contributed by atoms with Crippen molar-refractivity contribution >= 4 is 5.69 Å². The van der Waals surface area contributed by atoms with Crippen LogP contribution in [0.5, 0.6) is 23.1 Å². The van der Waals surface area contributed by atoms with Crippen molar-refractivity contribution in [3.8, 4) is 23.1 Å². The number of rotatable bonds is 5. The maximum atomic E-state index is 5.77. The van der Waals surface area contributed by atoms with Crippen LogP contribution >= 0.6 is 0 Å². The zero-order chi connectivity index (χ0) is 14.5. The molecule has 0 fully saturated rings. The summed E-state index contributed by atoms with van der Waals surface area (Å²) in [6.07, 6.45) is 1.68. The lowest BCUT2D eigenvalue weighted by Gasteiger charge is -2.15. The van der Waals surface area contributed by atoms with Gasteiger partial charge in [0, 0.05) is 18.0 Å². The average molecular weight is 274 g/mol. The normalized spacial score (nSPS) is 10.4. The van der Waals surface area contributed by atoms with Gasteiger partial charge in [-0.3, -0.25) is 0 Å². The fourth-order valence-electron chi connectivity index (χ4n) is 1.67. The first-order chi connectivity index (χ1) is 9.60. The maximum absolute atomic E-state index is 5.77. The fourth-order valence-corrected chi connectivity index (χ4v) is 1.67. The molecule has 0 atom stereocenters. The fraction of sp³-hybridized carbons (Fsp3) is 0.267. The highest BCUT2D eigenvalue weighted by Crippen LogP contribution is 2.36. The lowest BCUT2D eigenvalue weighted by molar-refractivity contribution is 0.230. The van der Waals surface area contributed by atoms with Crippen LogP contribution in [0.2, 0.25) is 0 Å². The summed E-state index contributed by atoms with van der Waals surface area (Å²) in [5, 5.41) is 0. The molecule has 0 saturated heterocycles. The van der Waals surface area contributed by atoms with Crippen LogP contribution in [0.4, 0.5) is 5.69 Å². The van der Waals surface area contributed by atoms with E-state index in [0.717, 1.165) is 0 Å². The highest BCUT2D eigenvalue weighted by molar-refractivity contribution is 5.53. The van der Waals surface area contributed by atoms with Crippen LogP contribution in [0.3, 0.4) is 0 Å². The second-order valence-corrected chi connectivity index (χ2v) is 4.49. The van der Waals surface area contributed by atoms with E-state index in [9.17, 15) is 0 Å². The average Bonchev–Trinajstić information content (AvgIpc) is 2.42. The molecule has 2 N–H and O–H groups in total. The summed E-state index contributed by atoms with van der Waals surface area (Å²) < 4.78 is 16.7. The zero-order valence-corrected chi connectivity index (χ0v) is 11.8. The van der Waals surface area contributed by atoms with Crippen LogP contribution in [0.1, 0.15) is 13.8 Å². The van der Waals surface area contributed by atoms with Gasteiger partial charge in [0.1, 0.15) is 0 Å². The van der Waals surface area contributed by atoms with Gasteiger partial charge in [0.25, 0.3) is 5.88 Å². The number of hydrogen-bond acceptors (Lipinski definition) is 5. The monoisotopic (exact) mass is 274 g/mol. The first kappa shape index (κ1) is 14.0. The van der Waals surface area contributed by atoms with E-state index < -0.39 is 0 Å². The molecule has 5 nitrogen and oxygen atoms in total. The summed E-state index contributed by atoms with van der Waals surface area (Å²) in [6.45, 7) is 3.89. The van der Waals surface area contributed by atoms with Gasteiger partial charge >= 0.3 is 0 Å². The molecule has 0 bridgehead atoms.